The van der Waals surface area contributed by atoms with Crippen LogP contribution in [-0.2, 0) is 19.5 Å². The van der Waals surface area contributed by atoms with Crippen molar-refractivity contribution in [2.24, 2.45) is 5.92 Å². The Bertz CT molecular complexity index is 406. The Morgan fingerprint density at radius 3 is 2.50 bits per heavy atom. The molecule has 0 aromatic rings. The van der Waals surface area contributed by atoms with E-state index in [4.69, 9.17) is 9.47 Å². The Balaban J connectivity index is 2.03. The maximum Gasteiger partial charge on any atom is 0.211 e. The zero-order valence-corrected chi connectivity index (χ0v) is 12.4. The molecular weight excluding hydrogens is 254 g/mol. The van der Waals surface area contributed by atoms with E-state index in [0.29, 0.717) is 13.1 Å². The highest BCUT2D eigenvalue weighted by Gasteiger charge is 2.49. The SMILES string of the molecule is CCN(CC1CCC2OC(C)(C)OC12)S(C)(=O)=O. The smallest absolute Gasteiger partial charge is 0.211 e. The second-order valence-corrected chi connectivity index (χ2v) is 7.67. The zero-order chi connectivity index (χ0) is 13.6. The maximum atomic E-state index is 11.6. The minimum atomic E-state index is -3.12. The van der Waals surface area contributed by atoms with Crippen LogP contribution >= 0.6 is 0 Å². The minimum Gasteiger partial charge on any atom is -0.345 e. The van der Waals surface area contributed by atoms with Gasteiger partial charge in [-0.3, -0.25) is 0 Å². The first-order valence-corrected chi connectivity index (χ1v) is 8.38. The van der Waals surface area contributed by atoms with Crippen LogP contribution < -0.4 is 0 Å². The van der Waals surface area contributed by atoms with Gasteiger partial charge in [-0.1, -0.05) is 6.92 Å². The lowest BCUT2D eigenvalue weighted by Crippen LogP contribution is -2.38. The molecule has 6 heteroatoms. The molecule has 1 heterocycles. The largest absolute Gasteiger partial charge is 0.345 e. The Hall–Kier alpha value is -0.170. The first-order valence-electron chi connectivity index (χ1n) is 6.53. The quantitative estimate of drug-likeness (QED) is 0.775. The predicted octanol–water partition coefficient (Wildman–Crippen LogP) is 1.20. The standard InChI is InChI=1S/C12H23NO4S/c1-5-13(18(4,14)15)8-9-6-7-10-11(9)17-12(2,3)16-10/h9-11H,5-8H2,1-4H3. The Morgan fingerprint density at radius 2 is 1.94 bits per heavy atom. The molecule has 2 rings (SSSR count). The van der Waals surface area contributed by atoms with Crippen LogP contribution in [0.5, 0.6) is 0 Å². The molecule has 0 amide bonds. The number of nitrogens with zero attached hydrogens (tertiary/aromatic N) is 1. The first kappa shape index (κ1) is 14.2. The van der Waals surface area contributed by atoms with Crippen molar-refractivity contribution in [3.8, 4) is 0 Å². The highest BCUT2D eigenvalue weighted by Crippen LogP contribution is 2.41. The Morgan fingerprint density at radius 1 is 1.28 bits per heavy atom. The second-order valence-electron chi connectivity index (χ2n) is 5.69. The summed E-state index contributed by atoms with van der Waals surface area (Å²) in [5.41, 5.74) is 0. The topological polar surface area (TPSA) is 55.8 Å². The van der Waals surface area contributed by atoms with Crippen LogP contribution in [0.15, 0.2) is 0 Å². The molecule has 5 nitrogen and oxygen atoms in total. The van der Waals surface area contributed by atoms with E-state index >= 15 is 0 Å². The van der Waals surface area contributed by atoms with E-state index in [1.807, 2.05) is 20.8 Å². The maximum absolute atomic E-state index is 11.6. The molecule has 106 valence electrons. The lowest BCUT2D eigenvalue weighted by atomic mass is 10.1. The number of hydrogen-bond acceptors (Lipinski definition) is 4. The van der Waals surface area contributed by atoms with E-state index < -0.39 is 15.8 Å². The molecule has 1 saturated carbocycles. The first-order chi connectivity index (χ1) is 8.23. The zero-order valence-electron chi connectivity index (χ0n) is 11.5. The highest BCUT2D eigenvalue weighted by molar-refractivity contribution is 7.88. The summed E-state index contributed by atoms with van der Waals surface area (Å²) in [7, 11) is -3.12. The van der Waals surface area contributed by atoms with Gasteiger partial charge in [0, 0.05) is 19.0 Å². The summed E-state index contributed by atoms with van der Waals surface area (Å²) >= 11 is 0. The van der Waals surface area contributed by atoms with Gasteiger partial charge in [0.15, 0.2) is 5.79 Å². The third kappa shape index (κ3) is 2.87. The third-order valence-corrected chi connectivity index (χ3v) is 5.11. The van der Waals surface area contributed by atoms with E-state index in [9.17, 15) is 8.42 Å². The molecule has 1 aliphatic carbocycles. The van der Waals surface area contributed by atoms with Crippen molar-refractivity contribution in [1.29, 1.82) is 0 Å². The van der Waals surface area contributed by atoms with Crippen molar-refractivity contribution in [3.05, 3.63) is 0 Å². The van der Waals surface area contributed by atoms with Crippen LogP contribution in [-0.4, -0.2) is 50.1 Å². The summed E-state index contributed by atoms with van der Waals surface area (Å²) < 4.78 is 36.5. The summed E-state index contributed by atoms with van der Waals surface area (Å²) in [6.07, 6.45) is 3.36. The van der Waals surface area contributed by atoms with E-state index in [2.05, 4.69) is 0 Å². The summed E-state index contributed by atoms with van der Waals surface area (Å²) in [6.45, 7) is 6.74. The van der Waals surface area contributed by atoms with Crippen LogP contribution in [0.2, 0.25) is 0 Å². The van der Waals surface area contributed by atoms with Gasteiger partial charge in [-0.05, 0) is 26.7 Å². The van der Waals surface area contributed by atoms with Crippen molar-refractivity contribution in [1.82, 2.24) is 4.31 Å². The molecule has 3 atom stereocenters. The van der Waals surface area contributed by atoms with Gasteiger partial charge in [0.2, 0.25) is 10.0 Å². The average molecular weight is 277 g/mol. The fourth-order valence-electron chi connectivity index (χ4n) is 2.98. The molecule has 0 bridgehead atoms. The molecule has 0 N–H and O–H groups in total. The van der Waals surface area contributed by atoms with Gasteiger partial charge in [0.05, 0.1) is 18.5 Å². The molecule has 3 unspecified atom stereocenters. The molecule has 18 heavy (non-hydrogen) atoms. The van der Waals surface area contributed by atoms with E-state index in [1.165, 1.54) is 10.6 Å². The predicted molar refractivity (Wildman–Crippen MR) is 68.6 cm³/mol. The van der Waals surface area contributed by atoms with E-state index in [1.54, 1.807) is 0 Å². The van der Waals surface area contributed by atoms with E-state index in [-0.39, 0.29) is 18.1 Å². The van der Waals surface area contributed by atoms with E-state index in [0.717, 1.165) is 12.8 Å². The molecule has 0 spiro atoms. The molecule has 0 radical (unpaired) electrons. The van der Waals surface area contributed by atoms with Crippen LogP contribution in [0.25, 0.3) is 0 Å². The number of rotatable bonds is 4. The summed E-state index contributed by atoms with van der Waals surface area (Å²) in [4.78, 5) is 0. The summed E-state index contributed by atoms with van der Waals surface area (Å²) in [6, 6.07) is 0. The van der Waals surface area contributed by atoms with Crippen molar-refractivity contribution in [2.45, 2.75) is 51.6 Å². The lowest BCUT2D eigenvalue weighted by molar-refractivity contribution is -0.156. The molecule has 1 aliphatic heterocycles. The lowest BCUT2D eigenvalue weighted by Gasteiger charge is -2.26. The highest BCUT2D eigenvalue weighted by atomic mass is 32.2. The summed E-state index contributed by atoms with van der Waals surface area (Å²) in [5, 5.41) is 0. The molecule has 1 saturated heterocycles. The normalized spacial score (nSPS) is 35.1. The van der Waals surface area contributed by atoms with Gasteiger partial charge in [0.1, 0.15) is 0 Å². The number of fused-ring (bicyclic) bond motifs is 1. The van der Waals surface area contributed by atoms with Gasteiger partial charge in [-0.2, -0.15) is 0 Å². The fraction of sp³-hybridized carbons (Fsp3) is 1.00. The fourth-order valence-corrected chi connectivity index (χ4v) is 3.92. The second kappa shape index (κ2) is 4.74. The molecule has 0 aromatic carbocycles. The molecule has 2 fully saturated rings. The Kier molecular flexibility index (Phi) is 3.75. The monoisotopic (exact) mass is 277 g/mol. The minimum absolute atomic E-state index is 0.0378. The van der Waals surface area contributed by atoms with Crippen molar-refractivity contribution in [3.63, 3.8) is 0 Å². The third-order valence-electron chi connectivity index (χ3n) is 3.77. The van der Waals surface area contributed by atoms with Crippen LogP contribution in [0, 0.1) is 5.92 Å². The number of sulfonamides is 1. The van der Waals surface area contributed by atoms with Gasteiger partial charge in [0.25, 0.3) is 0 Å². The molecule has 2 aliphatic rings. The van der Waals surface area contributed by atoms with Crippen molar-refractivity contribution < 1.29 is 17.9 Å². The summed E-state index contributed by atoms with van der Waals surface area (Å²) in [5.74, 6) is -0.290. The number of hydrogen-bond donors (Lipinski definition) is 0. The van der Waals surface area contributed by atoms with Crippen LogP contribution in [0.1, 0.15) is 33.6 Å². The molecule has 0 aromatic heterocycles. The average Bonchev–Trinajstić information content (AvgIpc) is 2.68. The van der Waals surface area contributed by atoms with Crippen molar-refractivity contribution in [2.75, 3.05) is 19.3 Å². The van der Waals surface area contributed by atoms with Crippen LogP contribution in [0.4, 0.5) is 0 Å². The molecular formula is C12H23NO4S. The Labute approximate surface area is 109 Å². The van der Waals surface area contributed by atoms with Gasteiger partial charge in [-0.15, -0.1) is 0 Å². The van der Waals surface area contributed by atoms with Crippen molar-refractivity contribution >= 4 is 10.0 Å². The van der Waals surface area contributed by atoms with Gasteiger partial charge < -0.3 is 9.47 Å². The van der Waals surface area contributed by atoms with Gasteiger partial charge in [-0.25, -0.2) is 12.7 Å². The number of ether oxygens (including phenoxy) is 2. The van der Waals surface area contributed by atoms with Gasteiger partial charge >= 0.3 is 0 Å². The van der Waals surface area contributed by atoms with Crippen LogP contribution in [0.3, 0.4) is 0 Å².